The van der Waals surface area contributed by atoms with E-state index in [0.717, 1.165) is 10.5 Å². The van der Waals surface area contributed by atoms with Crippen molar-refractivity contribution in [1.29, 1.82) is 0 Å². The summed E-state index contributed by atoms with van der Waals surface area (Å²) in [4.78, 5) is 43.0. The molecule has 0 radical (unpaired) electrons. The Morgan fingerprint density at radius 3 is 2.33 bits per heavy atom. The van der Waals surface area contributed by atoms with Crippen molar-refractivity contribution in [1.82, 2.24) is 4.90 Å². The van der Waals surface area contributed by atoms with Crippen molar-refractivity contribution < 1.29 is 23.9 Å². The maximum atomic E-state index is 13.8. The lowest BCUT2D eigenvalue weighted by molar-refractivity contribution is -0.146. The second-order valence-corrected chi connectivity index (χ2v) is 12.8. The van der Waals surface area contributed by atoms with Gasteiger partial charge in [0.15, 0.2) is 0 Å². The van der Waals surface area contributed by atoms with Crippen LogP contribution in [0.25, 0.3) is 0 Å². The second-order valence-electron chi connectivity index (χ2n) is 11.0. The summed E-state index contributed by atoms with van der Waals surface area (Å²) >= 11 is 1.67. The Balaban J connectivity index is 1.83. The van der Waals surface area contributed by atoms with Gasteiger partial charge in [0, 0.05) is 15.3 Å². The average Bonchev–Trinajstić information content (AvgIpc) is 3.27. The van der Waals surface area contributed by atoms with Crippen LogP contribution in [0.2, 0.25) is 0 Å². The molecule has 2 aromatic rings. The van der Waals surface area contributed by atoms with Crippen molar-refractivity contribution in [3.8, 4) is 0 Å². The van der Waals surface area contributed by atoms with E-state index in [9.17, 15) is 14.4 Å². The molecule has 3 atom stereocenters. The second kappa shape index (κ2) is 9.47. The molecule has 1 N–H and O–H groups in total. The molecule has 7 nitrogen and oxygen atoms in total. The number of carbonyl (C=O) groups is 3. The molecule has 8 heteroatoms. The quantitative estimate of drug-likeness (QED) is 0.429. The topological polar surface area (TPSA) is 84.9 Å². The summed E-state index contributed by atoms with van der Waals surface area (Å²) in [5, 5.41) is 3.00. The van der Waals surface area contributed by atoms with Crippen molar-refractivity contribution in [2.75, 3.05) is 12.4 Å². The SMILES string of the molecule is COC(=O)[C@@H]1C[C@@]2(C(=O)Nc3ccccc32)[C@H](CC(C)(C)Sc2ccccc2)N1C(=O)OC(C)(C)C. The monoisotopic (exact) mass is 510 g/mol. The van der Waals surface area contributed by atoms with Crippen molar-refractivity contribution in [2.45, 2.75) is 80.2 Å². The Hall–Kier alpha value is -3.00. The first kappa shape index (κ1) is 26.1. The highest BCUT2D eigenvalue weighted by molar-refractivity contribution is 8.00. The summed E-state index contributed by atoms with van der Waals surface area (Å²) < 4.78 is 10.5. The smallest absolute Gasteiger partial charge is 0.411 e. The molecule has 0 saturated carbocycles. The zero-order valence-corrected chi connectivity index (χ0v) is 22.5. The summed E-state index contributed by atoms with van der Waals surface area (Å²) in [6, 6.07) is 15.9. The number of hydrogen-bond acceptors (Lipinski definition) is 6. The van der Waals surface area contributed by atoms with Crippen LogP contribution in [-0.4, -0.2) is 52.4 Å². The lowest BCUT2D eigenvalue weighted by Crippen LogP contribution is -2.53. The van der Waals surface area contributed by atoms with Gasteiger partial charge in [0.05, 0.1) is 18.6 Å². The Morgan fingerprint density at radius 2 is 1.69 bits per heavy atom. The summed E-state index contributed by atoms with van der Waals surface area (Å²) in [7, 11) is 1.30. The number of rotatable bonds is 5. The maximum Gasteiger partial charge on any atom is 0.411 e. The van der Waals surface area contributed by atoms with Crippen LogP contribution in [0.4, 0.5) is 10.5 Å². The number of fused-ring (bicyclic) bond motifs is 2. The minimum atomic E-state index is -1.11. The number of methoxy groups -OCH3 is 1. The number of amides is 2. The van der Waals surface area contributed by atoms with Gasteiger partial charge in [-0.1, -0.05) is 50.2 Å². The molecule has 2 aromatic carbocycles. The molecule has 4 rings (SSSR count). The number of benzene rings is 2. The van der Waals surface area contributed by atoms with Crippen LogP contribution in [0.15, 0.2) is 59.5 Å². The molecule has 0 aliphatic carbocycles. The van der Waals surface area contributed by atoms with Crippen LogP contribution in [-0.2, 0) is 24.5 Å². The molecule has 0 bridgehead atoms. The van der Waals surface area contributed by atoms with Gasteiger partial charge in [-0.3, -0.25) is 9.69 Å². The van der Waals surface area contributed by atoms with Gasteiger partial charge in [-0.15, -0.1) is 11.8 Å². The first-order valence-electron chi connectivity index (χ1n) is 12.1. The Bertz CT molecular complexity index is 1160. The molecule has 0 unspecified atom stereocenters. The van der Waals surface area contributed by atoms with Crippen LogP contribution in [0.3, 0.4) is 0 Å². The first-order chi connectivity index (χ1) is 16.9. The van der Waals surface area contributed by atoms with Crippen LogP contribution in [0.5, 0.6) is 0 Å². The summed E-state index contributed by atoms with van der Waals surface area (Å²) in [5.74, 6) is -0.775. The van der Waals surface area contributed by atoms with Crippen molar-refractivity contribution in [3.05, 3.63) is 60.2 Å². The Labute approximate surface area is 216 Å². The van der Waals surface area contributed by atoms with E-state index in [2.05, 4.69) is 19.2 Å². The number of nitrogens with one attached hydrogen (secondary N) is 1. The zero-order chi connectivity index (χ0) is 26.3. The van der Waals surface area contributed by atoms with E-state index in [0.29, 0.717) is 12.1 Å². The molecule has 36 heavy (non-hydrogen) atoms. The molecule has 2 heterocycles. The third-order valence-corrected chi connectivity index (χ3v) is 7.94. The predicted octanol–water partition coefficient (Wildman–Crippen LogP) is 5.39. The number of likely N-dealkylation sites (tertiary alicyclic amines) is 1. The van der Waals surface area contributed by atoms with Crippen LogP contribution < -0.4 is 5.32 Å². The fourth-order valence-corrected chi connectivity index (χ4v) is 6.53. The molecule has 1 fully saturated rings. The van der Waals surface area contributed by atoms with E-state index in [1.165, 1.54) is 12.0 Å². The third kappa shape index (κ3) is 4.83. The normalized spacial score (nSPS) is 23.4. The number of para-hydroxylation sites is 1. The van der Waals surface area contributed by atoms with E-state index < -0.39 is 35.2 Å². The molecule has 2 aliphatic heterocycles. The average molecular weight is 511 g/mol. The van der Waals surface area contributed by atoms with E-state index >= 15 is 0 Å². The molecular formula is C28H34N2O5S. The van der Waals surface area contributed by atoms with Gasteiger partial charge in [0.25, 0.3) is 0 Å². The van der Waals surface area contributed by atoms with Crippen LogP contribution >= 0.6 is 11.8 Å². The fraction of sp³-hybridized carbons (Fsp3) is 0.464. The van der Waals surface area contributed by atoms with Gasteiger partial charge in [0.2, 0.25) is 5.91 Å². The van der Waals surface area contributed by atoms with Gasteiger partial charge in [-0.2, -0.15) is 0 Å². The van der Waals surface area contributed by atoms with Crippen molar-refractivity contribution in [3.63, 3.8) is 0 Å². The van der Waals surface area contributed by atoms with Gasteiger partial charge in [-0.25, -0.2) is 9.59 Å². The van der Waals surface area contributed by atoms with Crippen LogP contribution in [0, 0.1) is 0 Å². The van der Waals surface area contributed by atoms with Gasteiger partial charge in [-0.05, 0) is 57.4 Å². The van der Waals surface area contributed by atoms with Crippen molar-refractivity contribution in [2.24, 2.45) is 0 Å². The van der Waals surface area contributed by atoms with E-state index in [4.69, 9.17) is 9.47 Å². The largest absolute Gasteiger partial charge is 0.467 e. The highest BCUT2D eigenvalue weighted by atomic mass is 32.2. The van der Waals surface area contributed by atoms with E-state index in [1.807, 2.05) is 54.6 Å². The van der Waals surface area contributed by atoms with Crippen LogP contribution in [0.1, 0.15) is 53.0 Å². The Morgan fingerprint density at radius 1 is 1.06 bits per heavy atom. The van der Waals surface area contributed by atoms with E-state index in [-0.39, 0.29) is 17.1 Å². The molecule has 192 valence electrons. The highest BCUT2D eigenvalue weighted by Crippen LogP contribution is 2.54. The number of hydrogen-bond donors (Lipinski definition) is 1. The summed E-state index contributed by atoms with van der Waals surface area (Å²) in [6.45, 7) is 9.54. The molecule has 0 aromatic heterocycles. The predicted molar refractivity (Wildman–Crippen MR) is 140 cm³/mol. The first-order valence-corrected chi connectivity index (χ1v) is 12.9. The molecule has 1 spiro atoms. The standard InChI is InChI=1S/C28H34N2O5S/c1-26(2,3)35-25(33)30-21(23(31)34-6)16-28(19-14-10-11-15-20(19)29-24(28)32)22(30)17-27(4,5)36-18-12-8-7-9-13-18/h7-15,21-22H,16-17H2,1-6H3,(H,29,32)/t21-,22-,28-/m0/s1. The lowest BCUT2D eigenvalue weighted by Gasteiger charge is -2.39. The number of ether oxygens (including phenoxy) is 2. The summed E-state index contributed by atoms with van der Waals surface area (Å²) in [5.41, 5.74) is -0.389. The van der Waals surface area contributed by atoms with Crippen molar-refractivity contribution >= 4 is 35.4 Å². The number of carbonyl (C=O) groups excluding carboxylic acids is 3. The maximum absolute atomic E-state index is 13.8. The minimum Gasteiger partial charge on any atom is -0.467 e. The number of esters is 1. The molecule has 2 amide bonds. The van der Waals surface area contributed by atoms with Gasteiger partial charge < -0.3 is 14.8 Å². The summed E-state index contributed by atoms with van der Waals surface area (Å²) in [6.07, 6.45) is -0.0583. The lowest BCUT2D eigenvalue weighted by atomic mass is 9.72. The minimum absolute atomic E-state index is 0.124. The van der Waals surface area contributed by atoms with E-state index in [1.54, 1.807) is 32.5 Å². The molecule has 2 aliphatic rings. The molecular weight excluding hydrogens is 476 g/mol. The van der Waals surface area contributed by atoms with Gasteiger partial charge in [0.1, 0.15) is 11.6 Å². The molecule has 1 saturated heterocycles. The Kier molecular flexibility index (Phi) is 6.86. The third-order valence-electron chi connectivity index (χ3n) is 6.72. The van der Waals surface area contributed by atoms with Gasteiger partial charge >= 0.3 is 12.1 Å². The number of nitrogens with zero attached hydrogens (tertiary/aromatic N) is 1. The number of thioether (sulfide) groups is 1. The zero-order valence-electron chi connectivity index (χ0n) is 21.7. The number of anilines is 1. The fourth-order valence-electron chi connectivity index (χ4n) is 5.35. The highest BCUT2D eigenvalue weighted by Gasteiger charge is 2.65.